The van der Waals surface area contributed by atoms with Crippen LogP contribution < -0.4 is 0 Å². The highest BCUT2D eigenvalue weighted by molar-refractivity contribution is 6.00. The van der Waals surface area contributed by atoms with Gasteiger partial charge >= 0.3 is 12.4 Å². The Hall–Kier alpha value is -1.47. The molecule has 0 saturated carbocycles. The lowest BCUT2D eigenvalue weighted by molar-refractivity contribution is -0.135. The Morgan fingerprint density at radius 1 is 1.17 bits per heavy atom. The zero-order chi connectivity index (χ0) is 14.0. The van der Waals surface area contributed by atoms with Crippen molar-refractivity contribution in [3.63, 3.8) is 0 Å². The zero-order valence-corrected chi connectivity index (χ0v) is 8.98. The maximum Gasteiger partial charge on any atom is 0.454 e. The predicted octanol–water partition coefficient (Wildman–Crippen LogP) is 3.58. The van der Waals surface area contributed by atoms with E-state index < -0.39 is 30.1 Å². The molecule has 1 aromatic rings. The summed E-state index contributed by atoms with van der Waals surface area (Å²) >= 11 is 0. The van der Waals surface area contributed by atoms with Crippen LogP contribution in [-0.4, -0.2) is 22.7 Å². The summed E-state index contributed by atoms with van der Waals surface area (Å²) in [5.41, 5.74) is -0.575. The van der Waals surface area contributed by atoms with E-state index in [1.54, 1.807) is 0 Å². The van der Waals surface area contributed by atoms with Gasteiger partial charge in [0.25, 0.3) is 5.78 Å². The highest BCUT2D eigenvalue weighted by Crippen LogP contribution is 2.23. The molecule has 18 heavy (non-hydrogen) atoms. The van der Waals surface area contributed by atoms with Gasteiger partial charge in [-0.2, -0.15) is 26.3 Å². The monoisotopic (exact) mass is 273 g/mol. The molecule has 0 aliphatic carbocycles. The van der Waals surface area contributed by atoms with Crippen LogP contribution in [0.25, 0.3) is 0 Å². The van der Waals surface area contributed by atoms with Crippen molar-refractivity contribution in [2.45, 2.75) is 31.7 Å². The minimum absolute atomic E-state index is 0.0926. The minimum atomic E-state index is -4.97. The van der Waals surface area contributed by atoms with Gasteiger partial charge in [-0.3, -0.25) is 4.79 Å². The SMILES string of the molecule is O=C(c1ccn(CCCC(F)(F)F)c1)C(F)(F)F. The van der Waals surface area contributed by atoms with Crippen LogP contribution >= 0.6 is 0 Å². The number of ketones is 1. The molecule has 0 fully saturated rings. The first-order valence-electron chi connectivity index (χ1n) is 4.93. The van der Waals surface area contributed by atoms with Gasteiger partial charge in [0.05, 0.1) is 0 Å². The number of hydrogen-bond donors (Lipinski definition) is 0. The molecule has 1 aromatic heterocycles. The maximum absolute atomic E-state index is 12.0. The van der Waals surface area contributed by atoms with Crippen LogP contribution in [0.15, 0.2) is 18.5 Å². The van der Waals surface area contributed by atoms with Gasteiger partial charge in [-0.25, -0.2) is 0 Å². The largest absolute Gasteiger partial charge is 0.454 e. The molecule has 0 saturated heterocycles. The third-order valence-electron chi connectivity index (χ3n) is 2.15. The van der Waals surface area contributed by atoms with Crippen molar-refractivity contribution in [3.8, 4) is 0 Å². The topological polar surface area (TPSA) is 22.0 Å². The Morgan fingerprint density at radius 3 is 2.28 bits per heavy atom. The number of halogens is 6. The van der Waals surface area contributed by atoms with Crippen molar-refractivity contribution in [1.82, 2.24) is 4.57 Å². The molecule has 0 amide bonds. The molecular formula is C10H9F6NO. The second kappa shape index (κ2) is 5.03. The predicted molar refractivity (Wildman–Crippen MR) is 50.1 cm³/mol. The first-order chi connectivity index (χ1) is 8.09. The van der Waals surface area contributed by atoms with Gasteiger partial charge in [0, 0.05) is 30.9 Å². The molecule has 0 atom stereocenters. The van der Waals surface area contributed by atoms with Gasteiger partial charge in [-0.15, -0.1) is 0 Å². The van der Waals surface area contributed by atoms with Crippen LogP contribution in [0.1, 0.15) is 23.2 Å². The van der Waals surface area contributed by atoms with Crippen molar-refractivity contribution >= 4 is 5.78 Å². The lowest BCUT2D eigenvalue weighted by Crippen LogP contribution is -2.22. The van der Waals surface area contributed by atoms with Gasteiger partial charge in [-0.05, 0) is 12.5 Å². The summed E-state index contributed by atoms with van der Waals surface area (Å²) in [6, 6.07) is 0.934. The van der Waals surface area contributed by atoms with E-state index in [2.05, 4.69) is 0 Å². The standard InChI is InChI=1S/C10H9F6NO/c11-9(12,13)3-1-4-17-5-2-7(6-17)8(18)10(14,15)16/h2,5-6H,1,3-4H2. The van der Waals surface area contributed by atoms with Crippen molar-refractivity contribution in [1.29, 1.82) is 0 Å². The van der Waals surface area contributed by atoms with Crippen LogP contribution in [0.2, 0.25) is 0 Å². The molecule has 102 valence electrons. The average molecular weight is 273 g/mol. The second-order valence-corrected chi connectivity index (χ2v) is 3.68. The molecular weight excluding hydrogens is 264 g/mol. The number of aryl methyl sites for hydroxylation is 1. The summed E-state index contributed by atoms with van der Waals surface area (Å²) in [7, 11) is 0. The van der Waals surface area contributed by atoms with Crippen LogP contribution in [-0.2, 0) is 6.54 Å². The molecule has 8 heteroatoms. The van der Waals surface area contributed by atoms with Gasteiger partial charge < -0.3 is 4.57 Å². The molecule has 0 aliphatic rings. The Labute approximate surface area is 98.2 Å². The molecule has 0 radical (unpaired) electrons. The van der Waals surface area contributed by atoms with Crippen LogP contribution in [0.4, 0.5) is 26.3 Å². The Kier molecular flexibility index (Phi) is 4.08. The Bertz CT molecular complexity index is 417. The molecule has 1 rings (SSSR count). The summed E-state index contributed by atoms with van der Waals surface area (Å²) in [4.78, 5) is 10.8. The summed E-state index contributed by atoms with van der Waals surface area (Å²) in [6.45, 7) is -0.0926. The van der Waals surface area contributed by atoms with Gasteiger partial charge in [0.1, 0.15) is 0 Å². The second-order valence-electron chi connectivity index (χ2n) is 3.68. The van der Waals surface area contributed by atoms with Crippen molar-refractivity contribution < 1.29 is 31.1 Å². The van der Waals surface area contributed by atoms with E-state index in [-0.39, 0.29) is 13.0 Å². The van der Waals surface area contributed by atoms with Gasteiger partial charge in [0.15, 0.2) is 0 Å². The van der Waals surface area contributed by atoms with E-state index in [0.717, 1.165) is 23.0 Å². The summed E-state index contributed by atoms with van der Waals surface area (Å²) in [6.07, 6.45) is -8.50. The highest BCUT2D eigenvalue weighted by atomic mass is 19.4. The molecule has 0 unspecified atom stereocenters. The normalized spacial score (nSPS) is 12.8. The molecule has 2 nitrogen and oxygen atoms in total. The number of hydrogen-bond acceptors (Lipinski definition) is 1. The van der Waals surface area contributed by atoms with Crippen molar-refractivity contribution in [2.24, 2.45) is 0 Å². The Balaban J connectivity index is 2.57. The van der Waals surface area contributed by atoms with Crippen molar-refractivity contribution in [2.75, 3.05) is 0 Å². The van der Waals surface area contributed by atoms with Crippen LogP contribution in [0.5, 0.6) is 0 Å². The summed E-state index contributed by atoms with van der Waals surface area (Å²) in [5, 5.41) is 0. The number of carbonyl (C=O) groups is 1. The summed E-state index contributed by atoms with van der Waals surface area (Å²) in [5.74, 6) is -2.00. The van der Waals surface area contributed by atoms with Crippen LogP contribution in [0.3, 0.4) is 0 Å². The van der Waals surface area contributed by atoms with E-state index in [1.165, 1.54) is 0 Å². The van der Waals surface area contributed by atoms with E-state index in [1.807, 2.05) is 0 Å². The third-order valence-corrected chi connectivity index (χ3v) is 2.15. The number of alkyl halides is 6. The van der Waals surface area contributed by atoms with E-state index in [0.29, 0.717) is 0 Å². The first-order valence-corrected chi connectivity index (χ1v) is 4.93. The summed E-state index contributed by atoms with van der Waals surface area (Å²) < 4.78 is 72.8. The lowest BCUT2D eigenvalue weighted by Gasteiger charge is -2.06. The molecule has 0 spiro atoms. The Morgan fingerprint density at radius 2 is 1.78 bits per heavy atom. The number of Topliss-reactive ketones (excluding diaryl/α,β-unsaturated/α-hetero) is 1. The highest BCUT2D eigenvalue weighted by Gasteiger charge is 2.39. The fourth-order valence-corrected chi connectivity index (χ4v) is 1.34. The number of rotatable bonds is 4. The molecule has 0 aromatic carbocycles. The number of nitrogens with zero attached hydrogens (tertiary/aromatic N) is 1. The van der Waals surface area contributed by atoms with Crippen LogP contribution in [0, 0.1) is 0 Å². The number of carbonyl (C=O) groups excluding carboxylic acids is 1. The molecule has 0 aliphatic heterocycles. The molecule has 1 heterocycles. The number of aromatic nitrogens is 1. The van der Waals surface area contributed by atoms with Crippen molar-refractivity contribution in [3.05, 3.63) is 24.0 Å². The molecule has 0 N–H and O–H groups in total. The quantitative estimate of drug-likeness (QED) is 0.607. The first kappa shape index (κ1) is 14.6. The zero-order valence-electron chi connectivity index (χ0n) is 8.98. The van der Waals surface area contributed by atoms with E-state index in [9.17, 15) is 31.1 Å². The lowest BCUT2D eigenvalue weighted by atomic mass is 10.2. The smallest absolute Gasteiger partial charge is 0.353 e. The van der Waals surface area contributed by atoms with Gasteiger partial charge in [0.2, 0.25) is 0 Å². The van der Waals surface area contributed by atoms with Gasteiger partial charge in [-0.1, -0.05) is 0 Å². The van der Waals surface area contributed by atoms with E-state index in [4.69, 9.17) is 0 Å². The fraction of sp³-hybridized carbons (Fsp3) is 0.500. The average Bonchev–Trinajstić information content (AvgIpc) is 2.61. The minimum Gasteiger partial charge on any atom is -0.353 e. The molecule has 0 bridgehead atoms. The third kappa shape index (κ3) is 4.42. The fourth-order valence-electron chi connectivity index (χ4n) is 1.34. The maximum atomic E-state index is 12.0. The van der Waals surface area contributed by atoms with E-state index >= 15 is 0 Å².